The van der Waals surface area contributed by atoms with Crippen molar-refractivity contribution < 1.29 is 4.39 Å². The lowest BCUT2D eigenvalue weighted by Gasteiger charge is -2.02. The summed E-state index contributed by atoms with van der Waals surface area (Å²) in [5, 5.41) is 0. The highest BCUT2D eigenvalue weighted by atomic mass is 19.1. The molecule has 0 saturated carbocycles. The van der Waals surface area contributed by atoms with Crippen LogP contribution in [0.15, 0.2) is 23.2 Å². The van der Waals surface area contributed by atoms with Crippen molar-refractivity contribution in [3.63, 3.8) is 0 Å². The molecule has 1 nitrogen and oxygen atoms in total. The second kappa shape index (κ2) is 2.95. The van der Waals surface area contributed by atoms with E-state index in [1.54, 1.807) is 6.07 Å². The Morgan fingerprint density at radius 1 is 1.38 bits per heavy atom. The van der Waals surface area contributed by atoms with Gasteiger partial charge in [-0.05, 0) is 18.1 Å². The minimum absolute atomic E-state index is 0.128. The molecule has 2 heteroatoms. The normalized spacial score (nSPS) is 14.6. The summed E-state index contributed by atoms with van der Waals surface area (Å²) in [4.78, 5) is 4.39. The predicted molar refractivity (Wildman–Crippen MR) is 52.0 cm³/mol. The van der Waals surface area contributed by atoms with Gasteiger partial charge in [-0.1, -0.05) is 19.9 Å². The van der Waals surface area contributed by atoms with Crippen LogP contribution in [0, 0.1) is 11.7 Å². The first-order valence-corrected chi connectivity index (χ1v) is 4.53. The standard InChI is InChI=1S/C11H12FN/c1-7(2)11-6-8-9(12)4-3-5-10(8)13-11/h3-5,7H,6H2,1-2H3. The summed E-state index contributed by atoms with van der Waals surface area (Å²) in [5.74, 6) is 0.281. The summed E-state index contributed by atoms with van der Waals surface area (Å²) < 4.78 is 13.3. The molecule has 1 heterocycles. The molecule has 0 amide bonds. The summed E-state index contributed by atoms with van der Waals surface area (Å²) in [5.41, 5.74) is 2.65. The van der Waals surface area contributed by atoms with E-state index >= 15 is 0 Å². The Labute approximate surface area is 77.3 Å². The van der Waals surface area contributed by atoms with Gasteiger partial charge in [-0.3, -0.25) is 4.99 Å². The van der Waals surface area contributed by atoms with Gasteiger partial charge in [0, 0.05) is 17.7 Å². The van der Waals surface area contributed by atoms with Crippen molar-refractivity contribution in [3.05, 3.63) is 29.6 Å². The van der Waals surface area contributed by atoms with E-state index in [1.165, 1.54) is 6.07 Å². The van der Waals surface area contributed by atoms with E-state index in [2.05, 4.69) is 18.8 Å². The molecule has 13 heavy (non-hydrogen) atoms. The molecule has 2 rings (SSSR count). The molecule has 68 valence electrons. The fraction of sp³-hybridized carbons (Fsp3) is 0.364. The maximum absolute atomic E-state index is 13.3. The molecule has 0 atom stereocenters. The van der Waals surface area contributed by atoms with E-state index in [4.69, 9.17) is 0 Å². The summed E-state index contributed by atoms with van der Waals surface area (Å²) in [6, 6.07) is 5.08. The number of aliphatic imine (C=N–C) groups is 1. The Balaban J connectivity index is 2.41. The molecule has 0 bridgehead atoms. The van der Waals surface area contributed by atoms with Gasteiger partial charge in [0.15, 0.2) is 0 Å². The van der Waals surface area contributed by atoms with Crippen molar-refractivity contribution in [1.29, 1.82) is 0 Å². The lowest BCUT2D eigenvalue weighted by Crippen LogP contribution is -2.06. The number of hydrogen-bond donors (Lipinski definition) is 0. The van der Waals surface area contributed by atoms with Crippen molar-refractivity contribution >= 4 is 11.4 Å². The van der Waals surface area contributed by atoms with Crippen molar-refractivity contribution in [2.24, 2.45) is 10.9 Å². The third kappa shape index (κ3) is 1.37. The molecule has 1 aromatic carbocycles. The van der Waals surface area contributed by atoms with Gasteiger partial charge in [0.2, 0.25) is 0 Å². The van der Waals surface area contributed by atoms with Crippen LogP contribution in [-0.4, -0.2) is 5.71 Å². The maximum Gasteiger partial charge on any atom is 0.128 e. The molecule has 0 aliphatic carbocycles. The second-order valence-corrected chi connectivity index (χ2v) is 3.67. The van der Waals surface area contributed by atoms with Gasteiger partial charge in [0.05, 0.1) is 5.69 Å². The lowest BCUT2D eigenvalue weighted by molar-refractivity contribution is 0.617. The van der Waals surface area contributed by atoms with Crippen LogP contribution in [0.25, 0.3) is 0 Å². The molecule has 0 N–H and O–H groups in total. The van der Waals surface area contributed by atoms with Crippen LogP contribution in [-0.2, 0) is 6.42 Å². The number of rotatable bonds is 1. The van der Waals surface area contributed by atoms with Crippen LogP contribution < -0.4 is 0 Å². The van der Waals surface area contributed by atoms with Gasteiger partial charge in [0.25, 0.3) is 0 Å². The Kier molecular flexibility index (Phi) is 1.91. The second-order valence-electron chi connectivity index (χ2n) is 3.67. The predicted octanol–water partition coefficient (Wildman–Crippen LogP) is 3.11. The zero-order valence-electron chi connectivity index (χ0n) is 7.84. The SMILES string of the molecule is CC(C)C1=Nc2cccc(F)c2C1. The topological polar surface area (TPSA) is 12.4 Å². The molecular formula is C11H12FN. The van der Waals surface area contributed by atoms with Crippen LogP contribution in [0.1, 0.15) is 19.4 Å². The van der Waals surface area contributed by atoms with Gasteiger partial charge in [-0.15, -0.1) is 0 Å². The summed E-state index contributed by atoms with van der Waals surface area (Å²) in [7, 11) is 0. The third-order valence-corrected chi connectivity index (χ3v) is 2.38. The number of benzene rings is 1. The minimum atomic E-state index is -0.128. The fourth-order valence-electron chi connectivity index (χ4n) is 1.54. The van der Waals surface area contributed by atoms with Crippen molar-refractivity contribution in [3.8, 4) is 0 Å². The molecule has 1 aliphatic heterocycles. The zero-order valence-corrected chi connectivity index (χ0v) is 7.84. The average Bonchev–Trinajstić information content (AvgIpc) is 2.49. The van der Waals surface area contributed by atoms with Gasteiger partial charge in [-0.25, -0.2) is 4.39 Å². The first-order valence-electron chi connectivity index (χ1n) is 4.53. The van der Waals surface area contributed by atoms with Gasteiger partial charge in [-0.2, -0.15) is 0 Å². The van der Waals surface area contributed by atoms with Crippen LogP contribution in [0.5, 0.6) is 0 Å². The Morgan fingerprint density at radius 3 is 2.77 bits per heavy atom. The number of halogens is 1. The van der Waals surface area contributed by atoms with Crippen LogP contribution >= 0.6 is 0 Å². The summed E-state index contributed by atoms with van der Waals surface area (Å²) in [6.45, 7) is 4.17. The van der Waals surface area contributed by atoms with Crippen molar-refractivity contribution in [2.45, 2.75) is 20.3 Å². The van der Waals surface area contributed by atoms with E-state index in [-0.39, 0.29) is 5.82 Å². The van der Waals surface area contributed by atoms with E-state index in [9.17, 15) is 4.39 Å². The van der Waals surface area contributed by atoms with Gasteiger partial charge < -0.3 is 0 Å². The summed E-state index contributed by atoms with van der Waals surface area (Å²) >= 11 is 0. The Bertz CT molecular complexity index is 366. The molecule has 0 saturated heterocycles. The maximum atomic E-state index is 13.3. The molecule has 1 aliphatic rings. The number of hydrogen-bond acceptors (Lipinski definition) is 1. The zero-order chi connectivity index (χ0) is 9.42. The fourth-order valence-corrected chi connectivity index (χ4v) is 1.54. The number of nitrogens with zero attached hydrogens (tertiary/aromatic N) is 1. The highest BCUT2D eigenvalue weighted by Crippen LogP contribution is 2.30. The van der Waals surface area contributed by atoms with Gasteiger partial charge in [0.1, 0.15) is 5.82 Å². The van der Waals surface area contributed by atoms with Crippen LogP contribution in [0.2, 0.25) is 0 Å². The third-order valence-electron chi connectivity index (χ3n) is 2.38. The number of fused-ring (bicyclic) bond motifs is 1. The van der Waals surface area contributed by atoms with Crippen molar-refractivity contribution in [2.75, 3.05) is 0 Å². The van der Waals surface area contributed by atoms with Crippen molar-refractivity contribution in [1.82, 2.24) is 0 Å². The first kappa shape index (κ1) is 8.42. The molecule has 0 spiro atoms. The smallest absolute Gasteiger partial charge is 0.128 e. The first-order chi connectivity index (χ1) is 6.18. The quantitative estimate of drug-likeness (QED) is 0.625. The van der Waals surface area contributed by atoms with E-state index in [0.717, 1.165) is 17.0 Å². The summed E-state index contributed by atoms with van der Waals surface area (Å²) in [6.07, 6.45) is 0.680. The van der Waals surface area contributed by atoms with Gasteiger partial charge >= 0.3 is 0 Å². The van der Waals surface area contributed by atoms with E-state index < -0.39 is 0 Å². The molecule has 0 aromatic heterocycles. The largest absolute Gasteiger partial charge is 0.257 e. The highest BCUT2D eigenvalue weighted by Gasteiger charge is 2.19. The lowest BCUT2D eigenvalue weighted by atomic mass is 10.0. The monoisotopic (exact) mass is 177 g/mol. The van der Waals surface area contributed by atoms with E-state index in [0.29, 0.717) is 12.3 Å². The van der Waals surface area contributed by atoms with Crippen LogP contribution in [0.4, 0.5) is 10.1 Å². The Morgan fingerprint density at radius 2 is 2.15 bits per heavy atom. The molecular weight excluding hydrogens is 165 g/mol. The molecule has 0 radical (unpaired) electrons. The highest BCUT2D eigenvalue weighted by molar-refractivity contribution is 5.95. The molecule has 1 aromatic rings. The molecule has 0 unspecified atom stereocenters. The van der Waals surface area contributed by atoms with Crippen LogP contribution in [0.3, 0.4) is 0 Å². The van der Waals surface area contributed by atoms with E-state index in [1.807, 2.05) is 6.07 Å². The Hall–Kier alpha value is -1.18. The average molecular weight is 177 g/mol. The minimum Gasteiger partial charge on any atom is -0.257 e. The molecule has 0 fully saturated rings.